The number of carbonyl (C=O) groups excluding carboxylic acids is 1. The van der Waals surface area contributed by atoms with E-state index in [4.69, 9.17) is 5.11 Å². The lowest BCUT2D eigenvalue weighted by Crippen LogP contribution is -2.36. The summed E-state index contributed by atoms with van der Waals surface area (Å²) in [4.78, 5) is 26.0. The van der Waals surface area contributed by atoms with Crippen molar-refractivity contribution in [2.45, 2.75) is 46.0 Å². The normalized spacial score (nSPS) is 27.1. The standard InChI is InChI=1S/C19H25NO3/c1-19(2,3)15-11-20(16-7-5-4-6-14(15)16)17(21)12-8-9-13(10-12)18(22)23/h4-7,12-13,15H,8-11H2,1-3H3,(H,22,23)/t12-,13+,15?/m1/s1. The van der Waals surface area contributed by atoms with E-state index in [2.05, 4.69) is 26.8 Å². The molecule has 1 unspecified atom stereocenters. The molecular formula is C19H25NO3. The van der Waals surface area contributed by atoms with Gasteiger partial charge in [-0.1, -0.05) is 39.0 Å². The van der Waals surface area contributed by atoms with Crippen LogP contribution in [0, 0.1) is 17.3 Å². The second-order valence-corrected chi connectivity index (χ2v) is 7.97. The number of hydrogen-bond acceptors (Lipinski definition) is 2. The van der Waals surface area contributed by atoms with Crippen LogP contribution in [0.25, 0.3) is 0 Å². The zero-order valence-electron chi connectivity index (χ0n) is 14.1. The highest BCUT2D eigenvalue weighted by molar-refractivity contribution is 5.98. The first-order valence-corrected chi connectivity index (χ1v) is 8.42. The molecule has 0 saturated heterocycles. The van der Waals surface area contributed by atoms with E-state index in [1.807, 2.05) is 23.1 Å². The Balaban J connectivity index is 1.84. The van der Waals surface area contributed by atoms with Gasteiger partial charge in [0.05, 0.1) is 5.92 Å². The monoisotopic (exact) mass is 315 g/mol. The van der Waals surface area contributed by atoms with Crippen molar-refractivity contribution in [3.63, 3.8) is 0 Å². The van der Waals surface area contributed by atoms with Gasteiger partial charge >= 0.3 is 5.97 Å². The van der Waals surface area contributed by atoms with Crippen LogP contribution in [0.2, 0.25) is 0 Å². The second-order valence-electron chi connectivity index (χ2n) is 7.97. The van der Waals surface area contributed by atoms with Gasteiger partial charge in [-0.15, -0.1) is 0 Å². The van der Waals surface area contributed by atoms with Crippen molar-refractivity contribution < 1.29 is 14.7 Å². The molecule has 2 aliphatic rings. The van der Waals surface area contributed by atoms with Crippen molar-refractivity contribution >= 4 is 17.6 Å². The van der Waals surface area contributed by atoms with Crippen LogP contribution in [0.3, 0.4) is 0 Å². The third-order valence-corrected chi connectivity index (χ3v) is 5.41. The molecule has 4 heteroatoms. The SMILES string of the molecule is CC(C)(C)C1CN(C(=O)[C@@H]2CC[C@H](C(=O)O)C2)c2ccccc21. The van der Waals surface area contributed by atoms with Gasteiger partial charge in [0, 0.05) is 24.1 Å². The van der Waals surface area contributed by atoms with E-state index in [9.17, 15) is 9.59 Å². The zero-order valence-corrected chi connectivity index (χ0v) is 14.1. The number of hydrogen-bond donors (Lipinski definition) is 1. The highest BCUT2D eigenvalue weighted by atomic mass is 16.4. The highest BCUT2D eigenvalue weighted by Gasteiger charge is 2.42. The molecule has 0 spiro atoms. The minimum absolute atomic E-state index is 0.0877. The Morgan fingerprint density at radius 2 is 1.78 bits per heavy atom. The van der Waals surface area contributed by atoms with Crippen molar-refractivity contribution in [2.75, 3.05) is 11.4 Å². The van der Waals surface area contributed by atoms with Gasteiger partial charge in [0.2, 0.25) is 5.91 Å². The summed E-state index contributed by atoms with van der Waals surface area (Å²) in [5.41, 5.74) is 2.34. The summed E-state index contributed by atoms with van der Waals surface area (Å²) in [5.74, 6) is -0.856. The van der Waals surface area contributed by atoms with Gasteiger partial charge in [-0.3, -0.25) is 9.59 Å². The van der Waals surface area contributed by atoms with Crippen LogP contribution in [0.5, 0.6) is 0 Å². The van der Waals surface area contributed by atoms with Crippen LogP contribution in [0.4, 0.5) is 5.69 Å². The summed E-state index contributed by atoms with van der Waals surface area (Å²) in [6.07, 6.45) is 1.78. The molecular weight excluding hydrogens is 290 g/mol. The maximum Gasteiger partial charge on any atom is 0.306 e. The fourth-order valence-corrected chi connectivity index (χ4v) is 4.01. The lowest BCUT2D eigenvalue weighted by molar-refractivity contribution is -0.141. The molecule has 0 bridgehead atoms. The molecule has 1 saturated carbocycles. The number of anilines is 1. The molecule has 1 fully saturated rings. The smallest absolute Gasteiger partial charge is 0.306 e. The van der Waals surface area contributed by atoms with Gasteiger partial charge in [-0.2, -0.15) is 0 Å². The van der Waals surface area contributed by atoms with E-state index in [1.165, 1.54) is 5.56 Å². The summed E-state index contributed by atoms with van der Waals surface area (Å²) >= 11 is 0. The van der Waals surface area contributed by atoms with Gasteiger partial charge < -0.3 is 10.0 Å². The van der Waals surface area contributed by atoms with Crippen LogP contribution in [-0.2, 0) is 9.59 Å². The topological polar surface area (TPSA) is 57.6 Å². The van der Waals surface area contributed by atoms with E-state index >= 15 is 0 Å². The Morgan fingerprint density at radius 1 is 1.13 bits per heavy atom. The number of para-hydroxylation sites is 1. The average Bonchev–Trinajstić information content (AvgIpc) is 3.11. The van der Waals surface area contributed by atoms with Crippen LogP contribution >= 0.6 is 0 Å². The molecule has 0 radical (unpaired) electrons. The molecule has 1 aromatic rings. The Labute approximate surface area is 137 Å². The number of benzene rings is 1. The van der Waals surface area contributed by atoms with Crippen molar-refractivity contribution in [3.05, 3.63) is 29.8 Å². The van der Waals surface area contributed by atoms with Crippen molar-refractivity contribution in [2.24, 2.45) is 17.3 Å². The number of amides is 1. The number of nitrogens with zero attached hydrogens (tertiary/aromatic N) is 1. The molecule has 1 aliphatic carbocycles. The largest absolute Gasteiger partial charge is 0.481 e. The third-order valence-electron chi connectivity index (χ3n) is 5.41. The van der Waals surface area contributed by atoms with Gasteiger partial charge in [0.15, 0.2) is 0 Å². The van der Waals surface area contributed by atoms with Gasteiger partial charge in [-0.05, 0) is 36.3 Å². The fraction of sp³-hybridized carbons (Fsp3) is 0.579. The molecule has 4 nitrogen and oxygen atoms in total. The Kier molecular flexibility index (Phi) is 3.95. The van der Waals surface area contributed by atoms with Crippen molar-refractivity contribution in [1.29, 1.82) is 0 Å². The Bertz CT molecular complexity index is 632. The number of rotatable bonds is 2. The molecule has 1 aliphatic heterocycles. The summed E-state index contributed by atoms with van der Waals surface area (Å²) in [6, 6.07) is 8.14. The minimum Gasteiger partial charge on any atom is -0.481 e. The molecule has 3 atom stereocenters. The Morgan fingerprint density at radius 3 is 2.39 bits per heavy atom. The van der Waals surface area contributed by atoms with Crippen molar-refractivity contribution in [3.8, 4) is 0 Å². The zero-order chi connectivity index (χ0) is 16.8. The molecule has 1 aromatic carbocycles. The summed E-state index contributed by atoms with van der Waals surface area (Å²) in [6.45, 7) is 7.32. The van der Waals surface area contributed by atoms with E-state index in [0.717, 1.165) is 5.69 Å². The fourth-order valence-electron chi connectivity index (χ4n) is 4.01. The first-order chi connectivity index (χ1) is 10.8. The predicted molar refractivity (Wildman–Crippen MR) is 89.5 cm³/mol. The molecule has 124 valence electrons. The number of aliphatic carboxylic acids is 1. The first-order valence-electron chi connectivity index (χ1n) is 8.42. The third kappa shape index (κ3) is 2.87. The summed E-state index contributed by atoms with van der Waals surface area (Å²) in [5, 5.41) is 9.16. The number of carbonyl (C=O) groups is 2. The molecule has 23 heavy (non-hydrogen) atoms. The van der Waals surface area contributed by atoms with Gasteiger partial charge in [0.25, 0.3) is 0 Å². The molecule has 0 aromatic heterocycles. The minimum atomic E-state index is -0.769. The maximum atomic E-state index is 13.0. The number of carboxylic acids is 1. The summed E-state index contributed by atoms with van der Waals surface area (Å²) in [7, 11) is 0. The van der Waals surface area contributed by atoms with Gasteiger partial charge in [0.1, 0.15) is 0 Å². The van der Waals surface area contributed by atoms with E-state index in [1.54, 1.807) is 0 Å². The first kappa shape index (κ1) is 16.0. The van der Waals surface area contributed by atoms with Gasteiger partial charge in [-0.25, -0.2) is 0 Å². The predicted octanol–water partition coefficient (Wildman–Crippen LogP) is 3.66. The van der Waals surface area contributed by atoms with E-state index in [-0.39, 0.29) is 23.2 Å². The van der Waals surface area contributed by atoms with E-state index in [0.29, 0.717) is 31.7 Å². The van der Waals surface area contributed by atoms with Crippen LogP contribution in [0.15, 0.2) is 24.3 Å². The highest BCUT2D eigenvalue weighted by Crippen LogP contribution is 2.46. The molecule has 3 rings (SSSR count). The van der Waals surface area contributed by atoms with Crippen molar-refractivity contribution in [1.82, 2.24) is 0 Å². The average molecular weight is 315 g/mol. The molecule has 1 amide bonds. The maximum absolute atomic E-state index is 13.0. The van der Waals surface area contributed by atoms with Crippen LogP contribution in [0.1, 0.15) is 51.5 Å². The summed E-state index contributed by atoms with van der Waals surface area (Å²) < 4.78 is 0. The number of carboxylic acid groups (broad SMARTS) is 1. The quantitative estimate of drug-likeness (QED) is 0.906. The van der Waals surface area contributed by atoms with Crippen LogP contribution < -0.4 is 4.90 Å². The van der Waals surface area contributed by atoms with E-state index < -0.39 is 5.97 Å². The lowest BCUT2D eigenvalue weighted by Gasteiger charge is -2.28. The number of fused-ring (bicyclic) bond motifs is 1. The van der Waals surface area contributed by atoms with Crippen LogP contribution in [-0.4, -0.2) is 23.5 Å². The lowest BCUT2D eigenvalue weighted by atomic mass is 9.78. The Hall–Kier alpha value is -1.84. The second kappa shape index (κ2) is 5.66. The molecule has 1 heterocycles. The molecule has 1 N–H and O–H groups in total.